The van der Waals surface area contributed by atoms with E-state index >= 15 is 0 Å². The third-order valence-electron chi connectivity index (χ3n) is 2.86. The number of halogens is 2. The van der Waals surface area contributed by atoms with E-state index in [4.69, 9.17) is 0 Å². The molecule has 1 aromatic heterocycles. The molecule has 0 fully saturated rings. The summed E-state index contributed by atoms with van der Waals surface area (Å²) < 4.78 is 16.4. The van der Waals surface area contributed by atoms with E-state index in [2.05, 4.69) is 21.0 Å². The van der Waals surface area contributed by atoms with Gasteiger partial charge < -0.3 is 0 Å². The highest BCUT2D eigenvalue weighted by Gasteiger charge is 2.07. The van der Waals surface area contributed by atoms with Gasteiger partial charge in [-0.2, -0.15) is 5.10 Å². The van der Waals surface area contributed by atoms with E-state index in [0.29, 0.717) is 5.56 Å². The van der Waals surface area contributed by atoms with Crippen molar-refractivity contribution in [3.05, 3.63) is 71.2 Å². The van der Waals surface area contributed by atoms with Crippen LogP contribution >= 0.6 is 15.9 Å². The van der Waals surface area contributed by atoms with Gasteiger partial charge in [0.05, 0.1) is 11.9 Å². The maximum atomic E-state index is 13.7. The van der Waals surface area contributed by atoms with Crippen LogP contribution in [0.2, 0.25) is 0 Å². The molecule has 1 heterocycles. The summed E-state index contributed by atoms with van der Waals surface area (Å²) in [5.74, 6) is -0.238. The van der Waals surface area contributed by atoms with Crippen LogP contribution in [0.3, 0.4) is 0 Å². The van der Waals surface area contributed by atoms with Crippen molar-refractivity contribution in [2.45, 2.75) is 0 Å². The van der Waals surface area contributed by atoms with Gasteiger partial charge in [0, 0.05) is 21.8 Å². The second-order valence-corrected chi connectivity index (χ2v) is 5.05. The van der Waals surface area contributed by atoms with Gasteiger partial charge in [-0.15, -0.1) is 0 Å². The minimum Gasteiger partial charge on any atom is -0.240 e. The Bertz CT molecular complexity index is 704. The molecule has 3 rings (SSSR count). The first-order chi connectivity index (χ1) is 9.24. The Hall–Kier alpha value is -1.94. The predicted octanol–water partition coefficient (Wildman–Crippen LogP) is 4.44. The molecule has 0 saturated heterocycles. The fourth-order valence-corrected chi connectivity index (χ4v) is 2.16. The van der Waals surface area contributed by atoms with Crippen molar-refractivity contribution in [1.82, 2.24) is 9.78 Å². The monoisotopic (exact) mass is 316 g/mol. The summed E-state index contributed by atoms with van der Waals surface area (Å²) >= 11 is 3.39. The number of aromatic nitrogens is 2. The highest BCUT2D eigenvalue weighted by molar-refractivity contribution is 9.10. The standard InChI is InChI=1S/C15H10BrFN2/c16-12-5-7-13(8-6-12)19-10-11(9-18-19)14-3-1-2-4-15(14)17/h1-10H. The summed E-state index contributed by atoms with van der Waals surface area (Å²) in [4.78, 5) is 0. The van der Waals surface area contributed by atoms with Crippen LogP contribution in [-0.2, 0) is 0 Å². The third kappa shape index (κ3) is 2.44. The van der Waals surface area contributed by atoms with Gasteiger partial charge in [0.15, 0.2) is 0 Å². The molecule has 19 heavy (non-hydrogen) atoms. The summed E-state index contributed by atoms with van der Waals surface area (Å²) in [7, 11) is 0. The number of rotatable bonds is 2. The van der Waals surface area contributed by atoms with E-state index in [0.717, 1.165) is 15.7 Å². The van der Waals surface area contributed by atoms with Crippen LogP contribution in [0.5, 0.6) is 0 Å². The highest BCUT2D eigenvalue weighted by atomic mass is 79.9. The Morgan fingerprint density at radius 3 is 2.47 bits per heavy atom. The normalized spacial score (nSPS) is 10.6. The summed E-state index contributed by atoms with van der Waals surface area (Å²) in [5, 5.41) is 4.27. The average molecular weight is 317 g/mol. The van der Waals surface area contributed by atoms with Gasteiger partial charge in [0.25, 0.3) is 0 Å². The average Bonchev–Trinajstić information content (AvgIpc) is 2.89. The molecule has 0 unspecified atom stereocenters. The van der Waals surface area contributed by atoms with Crippen LogP contribution in [0, 0.1) is 5.82 Å². The molecule has 0 saturated carbocycles. The summed E-state index contributed by atoms with van der Waals surface area (Å²) in [6.45, 7) is 0. The number of hydrogen-bond acceptors (Lipinski definition) is 1. The van der Waals surface area contributed by atoms with E-state index in [1.807, 2.05) is 36.5 Å². The van der Waals surface area contributed by atoms with Crippen molar-refractivity contribution in [2.24, 2.45) is 0 Å². The zero-order chi connectivity index (χ0) is 13.2. The Kier molecular flexibility index (Phi) is 3.17. The van der Waals surface area contributed by atoms with Gasteiger partial charge in [0.2, 0.25) is 0 Å². The fraction of sp³-hybridized carbons (Fsp3) is 0. The Labute approximate surface area is 118 Å². The van der Waals surface area contributed by atoms with E-state index in [-0.39, 0.29) is 5.82 Å². The molecule has 0 N–H and O–H groups in total. The molecule has 0 radical (unpaired) electrons. The van der Waals surface area contributed by atoms with Crippen LogP contribution in [0.4, 0.5) is 4.39 Å². The fourth-order valence-electron chi connectivity index (χ4n) is 1.89. The van der Waals surface area contributed by atoms with Crippen LogP contribution in [0.15, 0.2) is 65.4 Å². The van der Waals surface area contributed by atoms with Crippen LogP contribution in [-0.4, -0.2) is 9.78 Å². The first-order valence-corrected chi connectivity index (χ1v) is 6.59. The van der Waals surface area contributed by atoms with Crippen LogP contribution in [0.1, 0.15) is 0 Å². The minimum atomic E-state index is -0.238. The maximum Gasteiger partial charge on any atom is 0.131 e. The quantitative estimate of drug-likeness (QED) is 0.683. The first kappa shape index (κ1) is 12.1. The molecular formula is C15H10BrFN2. The molecule has 0 spiro atoms. The summed E-state index contributed by atoms with van der Waals surface area (Å²) in [5.41, 5.74) is 2.26. The lowest BCUT2D eigenvalue weighted by Crippen LogP contribution is -1.92. The van der Waals surface area contributed by atoms with Crippen molar-refractivity contribution in [3.63, 3.8) is 0 Å². The Balaban J connectivity index is 2.00. The lowest BCUT2D eigenvalue weighted by atomic mass is 10.1. The number of nitrogens with zero attached hydrogens (tertiary/aromatic N) is 2. The van der Waals surface area contributed by atoms with Crippen molar-refractivity contribution in [2.75, 3.05) is 0 Å². The molecule has 0 aliphatic rings. The van der Waals surface area contributed by atoms with Gasteiger partial charge in [-0.1, -0.05) is 34.1 Å². The van der Waals surface area contributed by atoms with Gasteiger partial charge in [-0.05, 0) is 30.3 Å². The van der Waals surface area contributed by atoms with Crippen molar-refractivity contribution >= 4 is 15.9 Å². The number of benzene rings is 2. The topological polar surface area (TPSA) is 17.8 Å². The molecule has 3 aromatic rings. The molecule has 0 atom stereocenters. The molecule has 94 valence electrons. The highest BCUT2D eigenvalue weighted by Crippen LogP contribution is 2.23. The predicted molar refractivity (Wildman–Crippen MR) is 76.7 cm³/mol. The molecular weight excluding hydrogens is 307 g/mol. The Morgan fingerprint density at radius 1 is 1.00 bits per heavy atom. The van der Waals surface area contributed by atoms with E-state index < -0.39 is 0 Å². The molecule has 4 heteroatoms. The first-order valence-electron chi connectivity index (χ1n) is 5.79. The zero-order valence-electron chi connectivity index (χ0n) is 9.92. The molecule has 2 nitrogen and oxygen atoms in total. The Morgan fingerprint density at radius 2 is 1.74 bits per heavy atom. The van der Waals surface area contributed by atoms with E-state index in [1.54, 1.807) is 23.0 Å². The SMILES string of the molecule is Fc1ccccc1-c1cnn(-c2ccc(Br)cc2)c1. The molecule has 0 aliphatic heterocycles. The zero-order valence-corrected chi connectivity index (χ0v) is 11.5. The van der Waals surface area contributed by atoms with Gasteiger partial charge >= 0.3 is 0 Å². The van der Waals surface area contributed by atoms with Crippen molar-refractivity contribution in [1.29, 1.82) is 0 Å². The van der Waals surface area contributed by atoms with Gasteiger partial charge in [-0.3, -0.25) is 0 Å². The largest absolute Gasteiger partial charge is 0.240 e. The number of hydrogen-bond donors (Lipinski definition) is 0. The molecule has 2 aromatic carbocycles. The van der Waals surface area contributed by atoms with Crippen molar-refractivity contribution in [3.8, 4) is 16.8 Å². The second-order valence-electron chi connectivity index (χ2n) is 4.13. The lowest BCUT2D eigenvalue weighted by Gasteiger charge is -2.01. The van der Waals surface area contributed by atoms with Crippen molar-refractivity contribution < 1.29 is 4.39 Å². The smallest absolute Gasteiger partial charge is 0.131 e. The van der Waals surface area contributed by atoms with E-state index in [9.17, 15) is 4.39 Å². The minimum absolute atomic E-state index is 0.238. The second kappa shape index (κ2) is 4.97. The van der Waals surface area contributed by atoms with E-state index in [1.165, 1.54) is 6.07 Å². The third-order valence-corrected chi connectivity index (χ3v) is 3.39. The van der Waals surface area contributed by atoms with Crippen LogP contribution in [0.25, 0.3) is 16.8 Å². The van der Waals surface area contributed by atoms with Crippen LogP contribution < -0.4 is 0 Å². The molecule has 0 bridgehead atoms. The summed E-state index contributed by atoms with van der Waals surface area (Å²) in [6, 6.07) is 14.5. The van der Waals surface area contributed by atoms with Gasteiger partial charge in [-0.25, -0.2) is 9.07 Å². The maximum absolute atomic E-state index is 13.7. The lowest BCUT2D eigenvalue weighted by molar-refractivity contribution is 0.631. The van der Waals surface area contributed by atoms with Gasteiger partial charge in [0.1, 0.15) is 5.82 Å². The molecule has 0 amide bonds. The molecule has 0 aliphatic carbocycles. The summed E-state index contributed by atoms with van der Waals surface area (Å²) in [6.07, 6.45) is 3.49.